The number of H-pyrrole nitrogens is 1. The molecule has 0 radical (unpaired) electrons. The second-order valence-electron chi connectivity index (χ2n) is 6.41. The number of imidazole rings is 1. The van der Waals surface area contributed by atoms with Gasteiger partial charge in [-0.3, -0.25) is 4.79 Å². The normalized spacial score (nSPS) is 16.3. The minimum atomic E-state index is -3.60. The number of nitrogens with one attached hydrogen (secondary N) is 1. The molecule has 140 valence electrons. The van der Waals surface area contributed by atoms with Gasteiger partial charge >= 0.3 is 0 Å². The lowest BCUT2D eigenvalue weighted by atomic mass is 10.1. The molecule has 1 aromatic heterocycles. The molecule has 1 amide bonds. The minimum Gasteiger partial charge on any atom is -0.378 e. The molecule has 2 aromatic rings. The average Bonchev–Trinajstić information content (AvgIpc) is 3.06. The summed E-state index contributed by atoms with van der Waals surface area (Å²) < 4.78 is 26.6. The van der Waals surface area contributed by atoms with E-state index in [-0.39, 0.29) is 17.5 Å². The van der Waals surface area contributed by atoms with Gasteiger partial charge in [0.15, 0.2) is 5.03 Å². The van der Waals surface area contributed by atoms with Gasteiger partial charge in [0.25, 0.3) is 15.9 Å². The SMILES string of the molecule is CN(C)c1cccc(C(=O)N2CCCN(S(=O)(=O)c3cnc[nH]3)CC2)c1. The maximum absolute atomic E-state index is 12.8. The van der Waals surface area contributed by atoms with Crippen LogP contribution in [-0.2, 0) is 10.0 Å². The Hall–Kier alpha value is -2.39. The molecule has 0 unspecified atom stereocenters. The molecule has 1 fully saturated rings. The summed E-state index contributed by atoms with van der Waals surface area (Å²) in [5, 5.41) is 0.0796. The number of rotatable bonds is 4. The zero-order chi connectivity index (χ0) is 18.7. The summed E-state index contributed by atoms with van der Waals surface area (Å²) in [5.41, 5.74) is 1.56. The van der Waals surface area contributed by atoms with Crippen molar-refractivity contribution in [2.75, 3.05) is 45.2 Å². The molecule has 1 saturated heterocycles. The van der Waals surface area contributed by atoms with E-state index < -0.39 is 10.0 Å². The second-order valence-corrected chi connectivity index (χ2v) is 8.32. The molecule has 26 heavy (non-hydrogen) atoms. The Morgan fingerprint density at radius 1 is 1.19 bits per heavy atom. The largest absolute Gasteiger partial charge is 0.378 e. The van der Waals surface area contributed by atoms with Crippen LogP contribution in [0.2, 0.25) is 0 Å². The highest BCUT2D eigenvalue weighted by Crippen LogP contribution is 2.18. The van der Waals surface area contributed by atoms with Gasteiger partial charge in [-0.2, -0.15) is 4.31 Å². The lowest BCUT2D eigenvalue weighted by Crippen LogP contribution is -2.37. The Morgan fingerprint density at radius 3 is 2.69 bits per heavy atom. The first-order chi connectivity index (χ1) is 12.4. The molecule has 0 bridgehead atoms. The molecule has 0 saturated carbocycles. The van der Waals surface area contributed by atoms with Crippen molar-refractivity contribution in [2.45, 2.75) is 11.4 Å². The monoisotopic (exact) mass is 377 g/mol. The smallest absolute Gasteiger partial charge is 0.260 e. The summed E-state index contributed by atoms with van der Waals surface area (Å²) in [4.78, 5) is 22.9. The van der Waals surface area contributed by atoms with Crippen LogP contribution in [-0.4, -0.2) is 73.8 Å². The molecule has 0 aliphatic carbocycles. The van der Waals surface area contributed by atoms with Gasteiger partial charge in [-0.05, 0) is 24.6 Å². The maximum atomic E-state index is 12.8. The number of carbonyl (C=O) groups excluding carboxylic acids is 1. The van der Waals surface area contributed by atoms with Crippen molar-refractivity contribution in [1.82, 2.24) is 19.2 Å². The van der Waals surface area contributed by atoms with Gasteiger partial charge in [0, 0.05) is 51.5 Å². The van der Waals surface area contributed by atoms with E-state index in [2.05, 4.69) is 9.97 Å². The molecule has 1 aliphatic heterocycles. The highest BCUT2D eigenvalue weighted by molar-refractivity contribution is 7.89. The van der Waals surface area contributed by atoms with Crippen LogP contribution >= 0.6 is 0 Å². The molecule has 3 rings (SSSR count). The molecule has 1 N–H and O–H groups in total. The number of aromatic nitrogens is 2. The summed E-state index contributed by atoms with van der Waals surface area (Å²) >= 11 is 0. The van der Waals surface area contributed by atoms with Crippen molar-refractivity contribution in [2.24, 2.45) is 0 Å². The van der Waals surface area contributed by atoms with E-state index in [1.165, 1.54) is 16.8 Å². The second kappa shape index (κ2) is 7.46. The zero-order valence-electron chi connectivity index (χ0n) is 14.9. The van der Waals surface area contributed by atoms with E-state index in [1.807, 2.05) is 37.2 Å². The summed E-state index contributed by atoms with van der Waals surface area (Å²) in [5.74, 6) is -0.0745. The molecule has 0 atom stereocenters. The number of amides is 1. The molecule has 9 heteroatoms. The summed E-state index contributed by atoms with van der Waals surface area (Å²) in [6.45, 7) is 1.53. The van der Waals surface area contributed by atoms with Crippen LogP contribution in [0.25, 0.3) is 0 Å². The maximum Gasteiger partial charge on any atom is 0.260 e. The van der Waals surface area contributed by atoms with Gasteiger partial charge in [0.2, 0.25) is 0 Å². The summed E-state index contributed by atoms with van der Waals surface area (Å²) in [6, 6.07) is 7.44. The van der Waals surface area contributed by atoms with Crippen LogP contribution in [0.1, 0.15) is 16.8 Å². The molecule has 1 aromatic carbocycles. The average molecular weight is 377 g/mol. The van der Waals surface area contributed by atoms with Crippen LogP contribution in [0.15, 0.2) is 41.8 Å². The summed E-state index contributed by atoms with van der Waals surface area (Å²) in [7, 11) is 0.246. The number of sulfonamides is 1. The van der Waals surface area contributed by atoms with E-state index in [0.717, 1.165) is 5.69 Å². The topological polar surface area (TPSA) is 89.6 Å². The van der Waals surface area contributed by atoms with Gasteiger partial charge in [-0.1, -0.05) is 6.07 Å². The number of hydrogen-bond donors (Lipinski definition) is 1. The third-order valence-corrected chi connectivity index (χ3v) is 6.27. The molecular formula is C17H23N5O3S. The van der Waals surface area contributed by atoms with Crippen molar-refractivity contribution in [3.63, 3.8) is 0 Å². The third-order valence-electron chi connectivity index (χ3n) is 4.44. The van der Waals surface area contributed by atoms with Crippen molar-refractivity contribution in [3.05, 3.63) is 42.4 Å². The fourth-order valence-corrected chi connectivity index (χ4v) is 4.33. The predicted octanol–water partition coefficient (Wildman–Crippen LogP) is 1.01. The Morgan fingerprint density at radius 2 is 2.00 bits per heavy atom. The van der Waals surface area contributed by atoms with Crippen molar-refractivity contribution in [3.8, 4) is 0 Å². The van der Waals surface area contributed by atoms with E-state index in [0.29, 0.717) is 31.6 Å². The van der Waals surface area contributed by atoms with E-state index in [1.54, 1.807) is 11.0 Å². The number of aromatic amines is 1. The number of nitrogens with zero attached hydrogens (tertiary/aromatic N) is 4. The highest BCUT2D eigenvalue weighted by atomic mass is 32.2. The van der Waals surface area contributed by atoms with E-state index >= 15 is 0 Å². The minimum absolute atomic E-state index is 0.0745. The Bertz CT molecular complexity index is 864. The van der Waals surface area contributed by atoms with Crippen LogP contribution in [0.5, 0.6) is 0 Å². The van der Waals surface area contributed by atoms with Crippen molar-refractivity contribution >= 4 is 21.6 Å². The van der Waals surface area contributed by atoms with Gasteiger partial charge < -0.3 is 14.8 Å². The molecule has 0 spiro atoms. The number of anilines is 1. The van der Waals surface area contributed by atoms with Crippen molar-refractivity contribution in [1.29, 1.82) is 0 Å². The number of benzene rings is 1. The molecule has 8 nitrogen and oxygen atoms in total. The van der Waals surface area contributed by atoms with Crippen LogP contribution in [0.4, 0.5) is 5.69 Å². The van der Waals surface area contributed by atoms with Gasteiger partial charge in [-0.25, -0.2) is 13.4 Å². The van der Waals surface area contributed by atoms with Gasteiger partial charge in [-0.15, -0.1) is 0 Å². The Labute approximate surface area is 153 Å². The quantitative estimate of drug-likeness (QED) is 0.859. The first-order valence-corrected chi connectivity index (χ1v) is 9.89. The predicted molar refractivity (Wildman–Crippen MR) is 98.6 cm³/mol. The molecule has 1 aliphatic rings. The van der Waals surface area contributed by atoms with Gasteiger partial charge in [0.1, 0.15) is 0 Å². The van der Waals surface area contributed by atoms with Crippen LogP contribution < -0.4 is 4.90 Å². The first kappa shape index (κ1) is 18.4. The zero-order valence-corrected chi connectivity index (χ0v) is 15.7. The van der Waals surface area contributed by atoms with E-state index in [4.69, 9.17) is 0 Å². The fraction of sp³-hybridized carbons (Fsp3) is 0.412. The highest BCUT2D eigenvalue weighted by Gasteiger charge is 2.29. The molecular weight excluding hydrogens is 354 g/mol. The fourth-order valence-electron chi connectivity index (χ4n) is 2.96. The molecule has 2 heterocycles. The van der Waals surface area contributed by atoms with Gasteiger partial charge in [0.05, 0.1) is 12.5 Å². The third kappa shape index (κ3) is 3.73. The van der Waals surface area contributed by atoms with Crippen LogP contribution in [0, 0.1) is 0 Å². The lowest BCUT2D eigenvalue weighted by Gasteiger charge is -2.22. The van der Waals surface area contributed by atoms with E-state index in [9.17, 15) is 13.2 Å². The summed E-state index contributed by atoms with van der Waals surface area (Å²) in [6.07, 6.45) is 3.24. The van der Waals surface area contributed by atoms with Crippen LogP contribution in [0.3, 0.4) is 0 Å². The van der Waals surface area contributed by atoms with Crippen molar-refractivity contribution < 1.29 is 13.2 Å². The first-order valence-electron chi connectivity index (χ1n) is 8.45. The number of carbonyl (C=O) groups is 1. The number of hydrogen-bond acceptors (Lipinski definition) is 5. The Kier molecular flexibility index (Phi) is 5.28. The standard InChI is InChI=1S/C17H23N5O3S/c1-20(2)15-6-3-5-14(11-15)17(23)21-7-4-8-22(10-9-21)26(24,25)16-12-18-13-19-16/h3,5-6,11-13H,4,7-10H2,1-2H3,(H,18,19). The Balaban J connectivity index is 1.73. The lowest BCUT2D eigenvalue weighted by molar-refractivity contribution is 0.0764.